The molecule has 6 rings (SSSR count). The van der Waals surface area contributed by atoms with Crippen LogP contribution in [0.25, 0.3) is 0 Å². The second kappa shape index (κ2) is 46.9. The van der Waals surface area contributed by atoms with Gasteiger partial charge in [-0.1, -0.05) is 13.8 Å². The van der Waals surface area contributed by atoms with Crippen LogP contribution in [-0.2, 0) is 4.74 Å². The van der Waals surface area contributed by atoms with Crippen LogP contribution in [0.1, 0.15) is 123 Å². The summed E-state index contributed by atoms with van der Waals surface area (Å²) in [6.45, 7) is 13.4. The number of anilines is 12. The van der Waals surface area contributed by atoms with Crippen molar-refractivity contribution < 1.29 is 53.9 Å². The first-order chi connectivity index (χ1) is 48.5. The fraction of sp³-hybridized carbons (Fsp3) is 0.432. The number of nitrogens with one attached hydrogen (secondary N) is 5. The van der Waals surface area contributed by atoms with E-state index in [1.54, 1.807) is 98.9 Å². The lowest BCUT2D eigenvalue weighted by Crippen LogP contribution is -2.37. The first-order valence-electron chi connectivity index (χ1n) is 33.7. The number of benzene rings is 6. The summed E-state index contributed by atoms with van der Waals surface area (Å²) >= 11 is 0. The van der Waals surface area contributed by atoms with E-state index in [0.29, 0.717) is 113 Å². The zero-order chi connectivity index (χ0) is 78.4. The fourth-order valence-electron chi connectivity index (χ4n) is 9.23. The number of nitrogens with zero attached hydrogens (tertiary/aromatic N) is 6. The zero-order valence-electron chi connectivity index (χ0n) is 63.4. The molecule has 0 fully saturated rings. The van der Waals surface area contributed by atoms with Crippen molar-refractivity contribution in [2.75, 3.05) is 194 Å². The van der Waals surface area contributed by atoms with E-state index >= 15 is 0 Å². The molecule has 0 heterocycles. The number of aliphatic hydroxyl groups excluding tert-OH is 4. The predicted molar refractivity (Wildman–Crippen MR) is 423 cm³/mol. The standard InChI is InChI=1S/C14H23N3O2.C13H21N3O2.3C12H19N3O2.C11H17N3O/c1-5-19-9-10(2)16-14(18)12-8-11(15)6-7-13(12)17(3)4;1-4-10(8-17)15-13(18)11-7-9(14)5-6-12(11)16(2)3;1-8(7-16)14-12(17)10-6-9(13)4-5-11(10)15(2)3;1-14(2)11-5-4-9(13)8-10(11)12(17)15(3)6-7-16;1-15(2)11-5-4-9(13)8-10(11)12(17)14-6-3-7-16;1-3-7(2)14-10-5-4-8(12)6-9(10)11(13)15/h6-8,10H,5,9,15H2,1-4H3,(H,16,18);5-7,10,17H,4,8,14H2,1-3H3,(H,15,18);4-6,8,16H,7,13H2,1-3H3,(H,14,17);4-5,8,16H,6-7,13H2,1-3H3;4-5,8,16H,3,6-7,13H2,1-2H3,(H,14,17);4-7,14H,3,12H2,1-2H3,(H2,13,15). The van der Waals surface area contributed by atoms with E-state index < -0.39 is 5.91 Å². The van der Waals surface area contributed by atoms with Gasteiger partial charge in [-0.15, -0.1) is 0 Å². The van der Waals surface area contributed by atoms with Crippen LogP contribution >= 0.6 is 0 Å². The number of hydrogen-bond donors (Lipinski definition) is 16. The smallest absolute Gasteiger partial charge is 0.255 e. The lowest BCUT2D eigenvalue weighted by atomic mass is 10.1. The minimum atomic E-state index is -0.465. The molecule has 4 unspecified atom stereocenters. The summed E-state index contributed by atoms with van der Waals surface area (Å²) in [5.41, 5.74) is 50.7. The van der Waals surface area contributed by atoms with Gasteiger partial charge in [-0.05, 0) is 156 Å². The number of nitrogen functional groups attached to an aromatic ring is 6. The van der Waals surface area contributed by atoms with Gasteiger partial charge in [-0.25, -0.2) is 0 Å². The number of carbonyl (C=O) groups is 6. The molecule has 0 aliphatic heterocycles. The van der Waals surface area contributed by atoms with Crippen molar-refractivity contribution in [2.24, 2.45) is 5.73 Å². The van der Waals surface area contributed by atoms with Gasteiger partial charge in [0.25, 0.3) is 35.4 Å². The number of ether oxygens (including phenoxy) is 1. The first kappa shape index (κ1) is 90.6. The van der Waals surface area contributed by atoms with Crippen molar-refractivity contribution in [1.29, 1.82) is 0 Å². The Kier molecular flexibility index (Phi) is 41.2. The van der Waals surface area contributed by atoms with Crippen LogP contribution in [-0.4, -0.2) is 215 Å². The third-order valence-electron chi connectivity index (χ3n) is 15.1. The Hall–Kier alpha value is -10.5. The van der Waals surface area contributed by atoms with Crippen molar-refractivity contribution in [3.63, 3.8) is 0 Å². The third-order valence-corrected chi connectivity index (χ3v) is 15.1. The summed E-state index contributed by atoms with van der Waals surface area (Å²) in [4.78, 5) is 82.4. The first-order valence-corrected chi connectivity index (χ1v) is 33.7. The van der Waals surface area contributed by atoms with Crippen LogP contribution in [0.4, 0.5) is 68.2 Å². The van der Waals surface area contributed by atoms with Crippen LogP contribution < -0.4 is 91.2 Å². The maximum Gasteiger partial charge on any atom is 0.255 e. The van der Waals surface area contributed by atoms with Gasteiger partial charge in [0.05, 0.1) is 65.9 Å². The highest BCUT2D eigenvalue weighted by Crippen LogP contribution is 2.27. The van der Waals surface area contributed by atoms with E-state index in [0.717, 1.165) is 40.5 Å². The average Bonchev–Trinajstić information content (AvgIpc) is 0.860. The minimum absolute atomic E-state index is 0.0381. The van der Waals surface area contributed by atoms with Gasteiger partial charge in [-0.2, -0.15) is 0 Å². The SMILES string of the molecule is CC(CO)NC(=O)c1cc(N)ccc1N(C)C.CCC(C)Nc1ccc(N)cc1C(N)=O.CCC(CO)NC(=O)c1cc(N)ccc1N(C)C.CCOCC(C)NC(=O)c1cc(N)ccc1N(C)C.CN(C)c1ccc(N)cc1C(=O)NCCCO.CN(CCO)C(=O)c1cc(N)ccc1N(C)C. The number of carbonyl (C=O) groups excluding carboxylic acids is 6. The molecule has 6 aromatic rings. The lowest BCUT2D eigenvalue weighted by molar-refractivity contribution is 0.0766. The monoisotopic (exact) mass is 1430 g/mol. The van der Waals surface area contributed by atoms with Crippen LogP contribution in [0.15, 0.2) is 109 Å². The number of amides is 6. The highest BCUT2D eigenvalue weighted by atomic mass is 16.5. The van der Waals surface area contributed by atoms with E-state index in [2.05, 4.69) is 33.5 Å². The van der Waals surface area contributed by atoms with E-state index in [1.165, 1.54) is 4.90 Å². The molecule has 6 amide bonds. The minimum Gasteiger partial charge on any atom is -0.399 e. The summed E-state index contributed by atoms with van der Waals surface area (Å²) < 4.78 is 5.28. The molecule has 29 heteroatoms. The molecule has 0 radical (unpaired) electrons. The molecule has 0 aliphatic rings. The number of aliphatic hydroxyl groups is 4. The second-order valence-corrected chi connectivity index (χ2v) is 25.1. The van der Waals surface area contributed by atoms with E-state index in [4.69, 9.17) is 65.3 Å². The van der Waals surface area contributed by atoms with Crippen LogP contribution in [0.3, 0.4) is 0 Å². The maximum absolute atomic E-state index is 12.2. The zero-order valence-corrected chi connectivity index (χ0v) is 63.4. The van der Waals surface area contributed by atoms with Gasteiger partial charge in [0.1, 0.15) is 0 Å². The summed E-state index contributed by atoms with van der Waals surface area (Å²) in [6.07, 6.45) is 2.20. The summed E-state index contributed by atoms with van der Waals surface area (Å²) in [6, 6.07) is 31.1. The third kappa shape index (κ3) is 32.0. The molecule has 6 aromatic carbocycles. The van der Waals surface area contributed by atoms with Gasteiger partial charge in [0.2, 0.25) is 0 Å². The number of primary amides is 1. The quantitative estimate of drug-likeness (QED) is 0.0222. The Bertz CT molecular complexity index is 3610. The van der Waals surface area contributed by atoms with Gasteiger partial charge in [-0.3, -0.25) is 28.8 Å². The van der Waals surface area contributed by atoms with Crippen molar-refractivity contribution in [2.45, 2.75) is 85.0 Å². The van der Waals surface area contributed by atoms with Crippen molar-refractivity contribution in [1.82, 2.24) is 26.2 Å². The molecule has 4 atom stereocenters. The summed E-state index contributed by atoms with van der Waals surface area (Å²) in [5.74, 6) is -1.37. The Morgan fingerprint density at radius 2 is 0.777 bits per heavy atom. The molecule has 0 saturated heterocycles. The molecule has 0 spiro atoms. The molecular formula is C74H118N18O11. The maximum atomic E-state index is 12.2. The van der Waals surface area contributed by atoms with Crippen LogP contribution in [0, 0.1) is 0 Å². The molecule has 103 heavy (non-hydrogen) atoms. The van der Waals surface area contributed by atoms with E-state index in [-0.39, 0.29) is 74.1 Å². The lowest BCUT2D eigenvalue weighted by Gasteiger charge is -2.21. The highest BCUT2D eigenvalue weighted by Gasteiger charge is 2.21. The Balaban J connectivity index is 0.000000619. The highest BCUT2D eigenvalue weighted by molar-refractivity contribution is 6.04. The Labute approximate surface area is 609 Å². The Morgan fingerprint density at radius 3 is 1.11 bits per heavy atom. The van der Waals surface area contributed by atoms with Crippen molar-refractivity contribution in [3.8, 4) is 0 Å². The van der Waals surface area contributed by atoms with Crippen molar-refractivity contribution >= 4 is 104 Å². The van der Waals surface area contributed by atoms with Crippen LogP contribution in [0.5, 0.6) is 0 Å². The second-order valence-electron chi connectivity index (χ2n) is 25.1. The van der Waals surface area contributed by atoms with Gasteiger partial charge >= 0.3 is 0 Å². The predicted octanol–water partition coefficient (Wildman–Crippen LogP) is 5.19. The number of rotatable bonds is 28. The Morgan fingerprint density at radius 1 is 0.427 bits per heavy atom. The molecule has 0 aliphatic carbocycles. The number of hydrogen-bond acceptors (Lipinski definition) is 23. The fourth-order valence-corrected chi connectivity index (χ4v) is 9.23. The number of likely N-dealkylation sites (N-methyl/N-ethyl adjacent to an activating group) is 1. The molecule has 0 aromatic heterocycles. The molecule has 0 saturated carbocycles. The van der Waals surface area contributed by atoms with Crippen molar-refractivity contribution in [3.05, 3.63) is 143 Å². The normalized spacial score (nSPS) is 11.4. The number of nitrogens with two attached hydrogens (primary N) is 7. The summed E-state index contributed by atoms with van der Waals surface area (Å²) in [7, 11) is 20.4. The average molecular weight is 1440 g/mol. The van der Waals surface area contributed by atoms with Gasteiger partial charge in [0, 0.05) is 190 Å². The molecule has 23 N–H and O–H groups in total. The molecule has 570 valence electrons. The molecule has 0 bridgehead atoms. The molecule has 29 nitrogen and oxygen atoms in total. The largest absolute Gasteiger partial charge is 0.399 e. The van der Waals surface area contributed by atoms with Crippen LogP contribution in [0.2, 0.25) is 0 Å². The summed E-state index contributed by atoms with van der Waals surface area (Å²) in [5, 5.41) is 49.9. The molecular weight excluding hydrogens is 1320 g/mol. The van der Waals surface area contributed by atoms with E-state index in [9.17, 15) is 28.8 Å². The van der Waals surface area contributed by atoms with Gasteiger partial charge in [0.15, 0.2) is 0 Å². The topological polar surface area (TPSA) is 454 Å². The van der Waals surface area contributed by atoms with Gasteiger partial charge < -0.3 is 121 Å². The van der Waals surface area contributed by atoms with E-state index in [1.807, 2.05) is 147 Å².